The van der Waals surface area contributed by atoms with Crippen LogP contribution in [0.2, 0.25) is 0 Å². The van der Waals surface area contributed by atoms with Crippen molar-refractivity contribution in [3.63, 3.8) is 0 Å². The van der Waals surface area contributed by atoms with Crippen LogP contribution in [0.15, 0.2) is 30.3 Å². The van der Waals surface area contributed by atoms with Gasteiger partial charge in [0.2, 0.25) is 5.91 Å². The third-order valence-electron chi connectivity index (χ3n) is 1.33. The molecule has 0 unspecified atom stereocenters. The molecule has 0 radical (unpaired) electrons. The molecule has 1 heterocycles. The second-order valence-electron chi connectivity index (χ2n) is 2.68. The van der Waals surface area contributed by atoms with Gasteiger partial charge in [-0.05, 0) is 12.1 Å². The lowest BCUT2D eigenvalue weighted by Gasteiger charge is -1.97. The van der Waals surface area contributed by atoms with Crippen LogP contribution in [-0.4, -0.2) is 18.4 Å². The van der Waals surface area contributed by atoms with E-state index in [4.69, 9.17) is 4.74 Å². The Labute approximate surface area is 81.9 Å². The zero-order valence-corrected chi connectivity index (χ0v) is 7.82. The lowest BCUT2D eigenvalue weighted by Crippen LogP contribution is -2.00. The number of amides is 1. The Bertz CT molecular complexity index is 315. The van der Waals surface area contributed by atoms with Gasteiger partial charge in [0.1, 0.15) is 5.75 Å². The van der Waals surface area contributed by atoms with Gasteiger partial charge in [-0.1, -0.05) is 18.2 Å². The molecule has 1 aromatic rings. The lowest BCUT2D eigenvalue weighted by molar-refractivity contribution is -0.131. The van der Waals surface area contributed by atoms with Gasteiger partial charge in [-0.15, -0.1) is 0 Å². The minimum atomic E-state index is -0.286. The SMILES string of the molecule is CC(=O)Oc1ccccc1.O=C1CN1. The summed E-state index contributed by atoms with van der Waals surface area (Å²) in [5.41, 5.74) is 0. The fourth-order valence-electron chi connectivity index (χ4n) is 0.691. The van der Waals surface area contributed by atoms with E-state index in [1.165, 1.54) is 6.92 Å². The highest BCUT2D eigenvalue weighted by Gasteiger charge is 2.10. The molecule has 1 saturated heterocycles. The van der Waals surface area contributed by atoms with E-state index in [0.29, 0.717) is 12.3 Å². The van der Waals surface area contributed by atoms with Crippen molar-refractivity contribution >= 4 is 11.9 Å². The van der Waals surface area contributed by atoms with Gasteiger partial charge in [0, 0.05) is 6.92 Å². The van der Waals surface area contributed by atoms with Gasteiger partial charge in [-0.25, -0.2) is 0 Å². The molecule has 1 aliphatic rings. The van der Waals surface area contributed by atoms with Crippen molar-refractivity contribution in [3.05, 3.63) is 30.3 Å². The highest BCUT2D eigenvalue weighted by Crippen LogP contribution is 2.07. The number of ether oxygens (including phenoxy) is 1. The average Bonchev–Trinajstić information content (AvgIpc) is 2.89. The van der Waals surface area contributed by atoms with Crippen molar-refractivity contribution in [3.8, 4) is 5.75 Å². The van der Waals surface area contributed by atoms with E-state index < -0.39 is 0 Å². The molecule has 0 bridgehead atoms. The second kappa shape index (κ2) is 5.01. The highest BCUT2D eigenvalue weighted by molar-refractivity contribution is 5.91. The second-order valence-corrected chi connectivity index (χ2v) is 2.68. The molecule has 0 atom stereocenters. The number of esters is 1. The first-order valence-corrected chi connectivity index (χ1v) is 4.18. The zero-order valence-electron chi connectivity index (χ0n) is 7.82. The van der Waals surface area contributed by atoms with E-state index in [1.807, 2.05) is 18.2 Å². The Morgan fingerprint density at radius 2 is 1.86 bits per heavy atom. The Hall–Kier alpha value is -1.84. The minimum Gasteiger partial charge on any atom is -0.427 e. The molecule has 1 aromatic carbocycles. The molecule has 0 aliphatic carbocycles. The summed E-state index contributed by atoms with van der Waals surface area (Å²) in [5.74, 6) is 0.473. The number of rotatable bonds is 1. The molecule has 74 valence electrons. The van der Waals surface area contributed by atoms with Crippen molar-refractivity contribution < 1.29 is 14.3 Å². The minimum absolute atomic E-state index is 0.167. The molecule has 4 heteroatoms. The van der Waals surface area contributed by atoms with Crippen LogP contribution in [0.4, 0.5) is 0 Å². The molecule has 0 spiro atoms. The van der Waals surface area contributed by atoms with Gasteiger partial charge in [-0.2, -0.15) is 0 Å². The largest absolute Gasteiger partial charge is 0.427 e. The number of hydrogen-bond acceptors (Lipinski definition) is 3. The third kappa shape index (κ3) is 4.92. The Balaban J connectivity index is 0.000000203. The van der Waals surface area contributed by atoms with E-state index in [-0.39, 0.29) is 11.9 Å². The van der Waals surface area contributed by atoms with Crippen molar-refractivity contribution in [2.24, 2.45) is 0 Å². The number of carbonyl (C=O) groups is 2. The van der Waals surface area contributed by atoms with Gasteiger partial charge in [0.15, 0.2) is 0 Å². The highest BCUT2D eigenvalue weighted by atomic mass is 16.5. The first-order chi connectivity index (χ1) is 6.68. The summed E-state index contributed by atoms with van der Waals surface area (Å²) in [6.45, 7) is 1.98. The van der Waals surface area contributed by atoms with E-state index in [2.05, 4.69) is 5.32 Å². The Morgan fingerprint density at radius 1 is 1.36 bits per heavy atom. The maximum absolute atomic E-state index is 10.4. The summed E-state index contributed by atoms with van der Waals surface area (Å²) >= 11 is 0. The molecule has 4 nitrogen and oxygen atoms in total. The predicted octanol–water partition coefficient (Wildman–Crippen LogP) is 0.728. The van der Waals surface area contributed by atoms with E-state index in [9.17, 15) is 9.59 Å². The molecule has 0 saturated carbocycles. The van der Waals surface area contributed by atoms with Crippen LogP contribution >= 0.6 is 0 Å². The zero-order chi connectivity index (χ0) is 10.4. The lowest BCUT2D eigenvalue weighted by atomic mass is 10.3. The summed E-state index contributed by atoms with van der Waals surface area (Å²) in [6.07, 6.45) is 0. The topological polar surface area (TPSA) is 65.3 Å². The molecule has 1 fully saturated rings. The Kier molecular flexibility index (Phi) is 3.67. The molecular weight excluding hydrogens is 182 g/mol. The predicted molar refractivity (Wildman–Crippen MR) is 50.8 cm³/mol. The van der Waals surface area contributed by atoms with E-state index in [1.54, 1.807) is 12.1 Å². The summed E-state index contributed by atoms with van der Waals surface area (Å²) in [7, 11) is 0. The summed E-state index contributed by atoms with van der Waals surface area (Å²) in [4.78, 5) is 19.8. The molecular formula is C10H11NO3. The van der Waals surface area contributed by atoms with E-state index in [0.717, 1.165) is 0 Å². The van der Waals surface area contributed by atoms with Crippen molar-refractivity contribution in [2.45, 2.75) is 6.92 Å². The first kappa shape index (κ1) is 10.2. The van der Waals surface area contributed by atoms with Crippen LogP contribution in [0.25, 0.3) is 0 Å². The monoisotopic (exact) mass is 193 g/mol. The Morgan fingerprint density at radius 3 is 2.21 bits per heavy atom. The molecule has 1 N–H and O–H groups in total. The number of hydrogen-bond donors (Lipinski definition) is 1. The quantitative estimate of drug-likeness (QED) is 0.406. The number of carbonyl (C=O) groups excluding carboxylic acids is 2. The molecule has 1 aliphatic heterocycles. The average molecular weight is 193 g/mol. The van der Waals surface area contributed by atoms with Crippen LogP contribution in [0.3, 0.4) is 0 Å². The van der Waals surface area contributed by atoms with Gasteiger partial charge >= 0.3 is 5.97 Å². The van der Waals surface area contributed by atoms with Crippen molar-refractivity contribution in [2.75, 3.05) is 6.54 Å². The summed E-state index contributed by atoms with van der Waals surface area (Å²) in [5, 5.41) is 2.46. The van der Waals surface area contributed by atoms with Crippen LogP contribution in [0, 0.1) is 0 Å². The summed E-state index contributed by atoms with van der Waals surface area (Å²) < 4.78 is 4.78. The molecule has 0 aromatic heterocycles. The van der Waals surface area contributed by atoms with Gasteiger partial charge in [0.05, 0.1) is 6.54 Å². The molecule has 14 heavy (non-hydrogen) atoms. The first-order valence-electron chi connectivity index (χ1n) is 4.18. The van der Waals surface area contributed by atoms with Crippen LogP contribution < -0.4 is 10.1 Å². The fourth-order valence-corrected chi connectivity index (χ4v) is 0.691. The van der Waals surface area contributed by atoms with Crippen LogP contribution in [0.1, 0.15) is 6.92 Å². The number of nitrogens with one attached hydrogen (secondary N) is 1. The maximum Gasteiger partial charge on any atom is 0.308 e. The third-order valence-corrected chi connectivity index (χ3v) is 1.33. The van der Waals surface area contributed by atoms with Gasteiger partial charge < -0.3 is 10.1 Å². The van der Waals surface area contributed by atoms with Crippen molar-refractivity contribution in [1.29, 1.82) is 0 Å². The smallest absolute Gasteiger partial charge is 0.308 e. The van der Waals surface area contributed by atoms with Crippen molar-refractivity contribution in [1.82, 2.24) is 5.32 Å². The normalized spacial score (nSPS) is 11.9. The van der Waals surface area contributed by atoms with Crippen LogP contribution in [-0.2, 0) is 9.59 Å². The fraction of sp³-hybridized carbons (Fsp3) is 0.200. The van der Waals surface area contributed by atoms with E-state index >= 15 is 0 Å². The van der Waals surface area contributed by atoms with Gasteiger partial charge in [0.25, 0.3) is 0 Å². The number of benzene rings is 1. The van der Waals surface area contributed by atoms with Gasteiger partial charge in [-0.3, -0.25) is 9.59 Å². The number of para-hydroxylation sites is 1. The summed E-state index contributed by atoms with van der Waals surface area (Å²) in [6, 6.07) is 8.98. The molecule has 1 amide bonds. The maximum atomic E-state index is 10.4. The molecule has 2 rings (SSSR count). The standard InChI is InChI=1S/C8H8O2.C2H3NO/c1-7(9)10-8-5-3-2-4-6-8;4-2-1-3-2/h2-6H,1H3;1H2,(H,3,4). The van der Waals surface area contributed by atoms with Crippen LogP contribution in [0.5, 0.6) is 5.75 Å².